The lowest BCUT2D eigenvalue weighted by molar-refractivity contribution is 0.161. The molecule has 1 fully saturated rings. The first-order valence-electron chi connectivity index (χ1n) is 13.5. The molecular formula is C33H31FN2O. The van der Waals surface area contributed by atoms with Gasteiger partial charge in [-0.05, 0) is 80.0 Å². The lowest BCUT2D eigenvalue weighted by atomic mass is 9.82. The maximum atomic E-state index is 14.0. The van der Waals surface area contributed by atoms with Gasteiger partial charge in [0.25, 0.3) is 0 Å². The molecule has 0 radical (unpaired) electrons. The van der Waals surface area contributed by atoms with Crippen molar-refractivity contribution in [3.8, 4) is 5.75 Å². The van der Waals surface area contributed by atoms with Crippen molar-refractivity contribution in [1.29, 1.82) is 0 Å². The van der Waals surface area contributed by atoms with E-state index in [9.17, 15) is 4.39 Å². The fourth-order valence-corrected chi connectivity index (χ4v) is 6.42. The van der Waals surface area contributed by atoms with Crippen LogP contribution in [0.1, 0.15) is 48.4 Å². The van der Waals surface area contributed by atoms with Crippen LogP contribution in [-0.4, -0.2) is 19.1 Å². The average Bonchev–Trinajstić information content (AvgIpc) is 3.41. The predicted octanol–water partition coefficient (Wildman–Crippen LogP) is 7.68. The number of hydrogen-bond donors (Lipinski definition) is 1. The molecule has 0 aliphatic carbocycles. The van der Waals surface area contributed by atoms with Gasteiger partial charge < -0.3 is 15.0 Å². The highest BCUT2D eigenvalue weighted by molar-refractivity contribution is 6.02. The molecule has 1 saturated heterocycles. The van der Waals surface area contributed by atoms with Crippen molar-refractivity contribution in [2.24, 2.45) is 0 Å². The lowest BCUT2D eigenvalue weighted by Gasteiger charge is -2.39. The average molecular weight is 491 g/mol. The first-order valence-corrected chi connectivity index (χ1v) is 13.5. The molecule has 4 aromatic rings. The van der Waals surface area contributed by atoms with Gasteiger partial charge in [0.2, 0.25) is 0 Å². The van der Waals surface area contributed by atoms with Crippen LogP contribution < -0.4 is 15.0 Å². The molecule has 7 rings (SSSR count). The zero-order chi connectivity index (χ0) is 25.0. The summed E-state index contributed by atoms with van der Waals surface area (Å²) in [5.41, 5.74) is 5.96. The van der Waals surface area contributed by atoms with Crippen LogP contribution in [0.2, 0.25) is 0 Å². The Morgan fingerprint density at radius 3 is 2.59 bits per heavy atom. The molecule has 186 valence electrons. The van der Waals surface area contributed by atoms with E-state index in [-0.39, 0.29) is 5.82 Å². The quantitative estimate of drug-likeness (QED) is 0.319. The van der Waals surface area contributed by atoms with E-state index in [0.717, 1.165) is 42.0 Å². The molecule has 37 heavy (non-hydrogen) atoms. The zero-order valence-corrected chi connectivity index (χ0v) is 21.1. The third-order valence-electron chi connectivity index (χ3n) is 8.41. The molecule has 4 aromatic carbocycles. The van der Waals surface area contributed by atoms with Gasteiger partial charge in [-0.3, -0.25) is 0 Å². The SMILES string of the molecule is CC1CCCCN1c1cc2c(c3ccccc13)C=CC(c1ccc(F)cc1)(c1ccc3c(c1)CCN3)O2. The second-order valence-corrected chi connectivity index (χ2v) is 10.6. The van der Waals surface area contributed by atoms with Crippen LogP contribution in [0.25, 0.3) is 16.8 Å². The molecule has 0 spiro atoms. The summed E-state index contributed by atoms with van der Waals surface area (Å²) >= 11 is 0. The molecule has 0 bridgehead atoms. The molecule has 3 aliphatic rings. The number of hydrogen-bond acceptors (Lipinski definition) is 3. The molecule has 1 N–H and O–H groups in total. The third-order valence-corrected chi connectivity index (χ3v) is 8.41. The maximum Gasteiger partial charge on any atom is 0.178 e. The number of piperidine rings is 1. The minimum Gasteiger partial charge on any atom is -0.473 e. The lowest BCUT2D eigenvalue weighted by Crippen LogP contribution is -2.38. The van der Waals surface area contributed by atoms with E-state index < -0.39 is 5.60 Å². The number of ether oxygens (including phenoxy) is 1. The Kier molecular flexibility index (Phi) is 5.24. The Labute approximate surface area is 217 Å². The second-order valence-electron chi connectivity index (χ2n) is 10.6. The Morgan fingerprint density at radius 2 is 1.76 bits per heavy atom. The predicted molar refractivity (Wildman–Crippen MR) is 150 cm³/mol. The van der Waals surface area contributed by atoms with Crippen molar-refractivity contribution in [3.05, 3.63) is 107 Å². The molecular weight excluding hydrogens is 459 g/mol. The molecule has 0 amide bonds. The number of halogens is 1. The summed E-state index contributed by atoms with van der Waals surface area (Å²) in [5.74, 6) is 0.626. The molecule has 3 nitrogen and oxygen atoms in total. The molecule has 3 aliphatic heterocycles. The monoisotopic (exact) mass is 490 g/mol. The normalized spacial score (nSPS) is 22.3. The standard InChI is InChI=1S/C33H31FN2O/c1-22-6-4-5-19-36(22)31-21-32-29(27-7-2-3-8-28(27)31)15-17-33(37-32,24-9-12-26(34)13-10-24)25-11-14-30-23(20-25)16-18-35-30/h2-3,7-15,17,20-22,35H,4-6,16,18-19H2,1H3. The largest absolute Gasteiger partial charge is 0.473 e. The summed E-state index contributed by atoms with van der Waals surface area (Å²) in [4.78, 5) is 2.55. The van der Waals surface area contributed by atoms with E-state index in [1.165, 1.54) is 59.1 Å². The van der Waals surface area contributed by atoms with E-state index in [2.05, 4.69) is 77.8 Å². The van der Waals surface area contributed by atoms with Crippen LogP contribution in [0.5, 0.6) is 5.75 Å². The van der Waals surface area contributed by atoms with Crippen LogP contribution in [0, 0.1) is 5.82 Å². The number of nitrogens with zero attached hydrogens (tertiary/aromatic N) is 1. The number of benzene rings is 4. The topological polar surface area (TPSA) is 24.5 Å². The zero-order valence-electron chi connectivity index (χ0n) is 21.1. The fraction of sp³-hybridized carbons (Fsp3) is 0.273. The van der Waals surface area contributed by atoms with Gasteiger partial charge in [-0.25, -0.2) is 4.39 Å². The Morgan fingerprint density at radius 1 is 0.946 bits per heavy atom. The highest BCUT2D eigenvalue weighted by Crippen LogP contribution is 2.48. The number of rotatable bonds is 3. The van der Waals surface area contributed by atoms with Crippen molar-refractivity contribution in [2.75, 3.05) is 23.3 Å². The first kappa shape index (κ1) is 22.4. The molecule has 2 atom stereocenters. The van der Waals surface area contributed by atoms with Crippen molar-refractivity contribution >= 4 is 28.2 Å². The molecule has 2 unspecified atom stereocenters. The van der Waals surface area contributed by atoms with Gasteiger partial charge in [0.15, 0.2) is 5.60 Å². The van der Waals surface area contributed by atoms with Gasteiger partial charge in [-0.1, -0.05) is 42.5 Å². The van der Waals surface area contributed by atoms with Gasteiger partial charge in [-0.15, -0.1) is 0 Å². The number of fused-ring (bicyclic) bond motifs is 4. The van der Waals surface area contributed by atoms with Gasteiger partial charge in [0.05, 0.1) is 0 Å². The Hall–Kier alpha value is -3.79. The smallest absolute Gasteiger partial charge is 0.178 e. The highest BCUT2D eigenvalue weighted by atomic mass is 19.1. The van der Waals surface area contributed by atoms with Crippen LogP contribution in [0.3, 0.4) is 0 Å². The van der Waals surface area contributed by atoms with Gasteiger partial charge >= 0.3 is 0 Å². The Bertz CT molecular complexity index is 1530. The van der Waals surface area contributed by atoms with Gasteiger partial charge in [0, 0.05) is 58.6 Å². The van der Waals surface area contributed by atoms with Crippen molar-refractivity contribution < 1.29 is 9.13 Å². The highest BCUT2D eigenvalue weighted by Gasteiger charge is 2.39. The summed E-state index contributed by atoms with van der Waals surface area (Å²) in [6.45, 7) is 4.33. The second kappa shape index (κ2) is 8.65. The van der Waals surface area contributed by atoms with Crippen LogP contribution in [-0.2, 0) is 12.0 Å². The molecule has 4 heteroatoms. The summed E-state index contributed by atoms with van der Waals surface area (Å²) in [7, 11) is 0. The van der Waals surface area contributed by atoms with Crippen LogP contribution >= 0.6 is 0 Å². The summed E-state index contributed by atoms with van der Waals surface area (Å²) < 4.78 is 21.1. The van der Waals surface area contributed by atoms with Crippen LogP contribution in [0.15, 0.2) is 78.9 Å². The van der Waals surface area contributed by atoms with E-state index in [1.54, 1.807) is 0 Å². The van der Waals surface area contributed by atoms with Crippen molar-refractivity contribution in [3.63, 3.8) is 0 Å². The van der Waals surface area contributed by atoms with E-state index in [0.29, 0.717) is 6.04 Å². The van der Waals surface area contributed by atoms with E-state index >= 15 is 0 Å². The third kappa shape index (κ3) is 3.61. The fourth-order valence-electron chi connectivity index (χ4n) is 6.42. The Balaban J connectivity index is 1.43. The molecule has 0 aromatic heterocycles. The van der Waals surface area contributed by atoms with E-state index in [4.69, 9.17) is 4.74 Å². The minimum atomic E-state index is -0.842. The van der Waals surface area contributed by atoms with Gasteiger partial charge in [-0.2, -0.15) is 0 Å². The summed E-state index contributed by atoms with van der Waals surface area (Å²) in [5, 5.41) is 5.93. The summed E-state index contributed by atoms with van der Waals surface area (Å²) in [6, 6.07) is 24.7. The maximum absolute atomic E-state index is 14.0. The first-order chi connectivity index (χ1) is 18.1. The van der Waals surface area contributed by atoms with E-state index in [1.807, 2.05) is 12.1 Å². The van der Waals surface area contributed by atoms with Crippen molar-refractivity contribution in [2.45, 2.75) is 44.2 Å². The van der Waals surface area contributed by atoms with Gasteiger partial charge in [0.1, 0.15) is 11.6 Å². The number of anilines is 2. The minimum absolute atomic E-state index is 0.246. The van der Waals surface area contributed by atoms with Crippen molar-refractivity contribution in [1.82, 2.24) is 0 Å². The van der Waals surface area contributed by atoms with Crippen LogP contribution in [0.4, 0.5) is 15.8 Å². The molecule has 3 heterocycles. The molecule has 0 saturated carbocycles. The summed E-state index contributed by atoms with van der Waals surface area (Å²) in [6.07, 6.45) is 9.04. The number of nitrogens with one attached hydrogen (secondary N) is 1.